The molecule has 2 aromatic carbocycles. The highest BCUT2D eigenvalue weighted by Crippen LogP contribution is 2.32. The Labute approximate surface area is 184 Å². The fraction of sp³-hybridized carbons (Fsp3) is 0.261. The predicted octanol–water partition coefficient (Wildman–Crippen LogP) is 4.06. The summed E-state index contributed by atoms with van der Waals surface area (Å²) >= 11 is 1.42. The van der Waals surface area contributed by atoms with E-state index in [9.17, 15) is 9.59 Å². The van der Waals surface area contributed by atoms with E-state index in [1.807, 2.05) is 57.2 Å². The number of methoxy groups -OCH3 is 1. The van der Waals surface area contributed by atoms with Gasteiger partial charge in [-0.05, 0) is 49.6 Å². The van der Waals surface area contributed by atoms with Crippen molar-refractivity contribution in [1.82, 2.24) is 20.6 Å². The molecule has 2 heterocycles. The molecule has 3 N–H and O–H groups in total. The highest BCUT2D eigenvalue weighted by atomic mass is 32.2. The second-order valence-corrected chi connectivity index (χ2v) is 8.59. The Kier molecular flexibility index (Phi) is 5.73. The molecular weight excluding hydrogens is 412 g/mol. The molecule has 0 fully saturated rings. The van der Waals surface area contributed by atoms with E-state index in [0.717, 1.165) is 33.3 Å². The number of amides is 2. The van der Waals surface area contributed by atoms with Crippen LogP contribution in [0.3, 0.4) is 0 Å². The second kappa shape index (κ2) is 8.47. The Bertz CT molecular complexity index is 1210. The predicted molar refractivity (Wildman–Crippen MR) is 121 cm³/mol. The molecule has 0 bridgehead atoms. The van der Waals surface area contributed by atoms with Crippen molar-refractivity contribution < 1.29 is 14.3 Å². The Morgan fingerprint density at radius 1 is 1.13 bits per heavy atom. The highest BCUT2D eigenvalue weighted by Gasteiger charge is 2.34. The van der Waals surface area contributed by atoms with Crippen molar-refractivity contribution in [3.8, 4) is 0 Å². The average Bonchev–Trinajstić information content (AvgIpc) is 3.13. The lowest BCUT2D eigenvalue weighted by Gasteiger charge is -2.30. The minimum absolute atomic E-state index is 0.353. The largest absolute Gasteiger partial charge is 0.466 e. The van der Waals surface area contributed by atoms with E-state index in [4.69, 9.17) is 4.74 Å². The van der Waals surface area contributed by atoms with E-state index >= 15 is 0 Å². The average molecular weight is 437 g/mol. The number of carbonyl (C=O) groups is 2. The summed E-state index contributed by atoms with van der Waals surface area (Å²) in [6, 6.07) is 11.0. The third-order valence-electron chi connectivity index (χ3n) is 5.26. The molecule has 160 valence electrons. The van der Waals surface area contributed by atoms with Crippen molar-refractivity contribution in [2.24, 2.45) is 0 Å². The van der Waals surface area contributed by atoms with Gasteiger partial charge >= 0.3 is 12.0 Å². The summed E-state index contributed by atoms with van der Waals surface area (Å²) < 4.78 is 5.06. The number of hydrogen-bond acceptors (Lipinski definition) is 5. The molecule has 2 amide bonds. The third-order valence-corrected chi connectivity index (χ3v) is 6.16. The number of hydrogen-bond donors (Lipinski definition) is 3. The van der Waals surface area contributed by atoms with Crippen molar-refractivity contribution in [2.45, 2.75) is 32.0 Å². The molecule has 31 heavy (non-hydrogen) atoms. The molecule has 1 aromatic heterocycles. The minimum atomic E-state index is -0.587. The molecule has 0 radical (unpaired) electrons. The van der Waals surface area contributed by atoms with Gasteiger partial charge in [-0.1, -0.05) is 41.6 Å². The first-order chi connectivity index (χ1) is 14.9. The van der Waals surface area contributed by atoms with Crippen LogP contribution in [0, 0.1) is 20.8 Å². The number of aromatic amines is 1. The lowest BCUT2D eigenvalue weighted by molar-refractivity contribution is -0.136. The Morgan fingerprint density at radius 2 is 1.87 bits per heavy atom. The van der Waals surface area contributed by atoms with Gasteiger partial charge in [0.25, 0.3) is 0 Å². The first-order valence-electron chi connectivity index (χ1n) is 9.91. The Hall–Kier alpha value is -3.26. The van der Waals surface area contributed by atoms with Crippen LogP contribution >= 0.6 is 11.8 Å². The van der Waals surface area contributed by atoms with Crippen molar-refractivity contribution >= 4 is 34.8 Å². The van der Waals surface area contributed by atoms with Gasteiger partial charge < -0.3 is 20.4 Å². The van der Waals surface area contributed by atoms with Gasteiger partial charge in [-0.25, -0.2) is 14.6 Å². The molecule has 3 aromatic rings. The molecule has 8 heteroatoms. The molecule has 4 rings (SSSR count). The van der Waals surface area contributed by atoms with Crippen LogP contribution in [0.4, 0.5) is 4.79 Å². The van der Waals surface area contributed by atoms with Crippen LogP contribution < -0.4 is 10.6 Å². The summed E-state index contributed by atoms with van der Waals surface area (Å²) in [5, 5.41) is 6.38. The number of aromatic nitrogens is 2. The number of H-pyrrole nitrogens is 1. The number of urea groups is 1. The number of nitrogens with one attached hydrogen (secondary N) is 3. The lowest BCUT2D eigenvalue weighted by Crippen LogP contribution is -2.46. The van der Waals surface area contributed by atoms with Crippen molar-refractivity contribution in [3.63, 3.8) is 0 Å². The summed E-state index contributed by atoms with van der Waals surface area (Å²) in [6.07, 6.45) is 0. The zero-order valence-corrected chi connectivity index (χ0v) is 18.6. The van der Waals surface area contributed by atoms with E-state index < -0.39 is 12.0 Å². The number of esters is 1. The standard InChI is InChI=1S/C23H24N4O3S/c1-12-5-7-15(14(3)9-12)20-19(21(28)30-4)18(24-22(29)27-20)11-31-23-25-16-8-6-13(2)10-17(16)26-23/h5-10,20H,11H2,1-4H3,(H,25,26)(H2,24,27,29)/t20-/m0/s1. The van der Waals surface area contributed by atoms with Gasteiger partial charge in [-0.3, -0.25) is 0 Å². The number of aryl methyl sites for hydroxylation is 3. The molecule has 0 unspecified atom stereocenters. The number of fused-ring (bicyclic) bond motifs is 1. The number of benzene rings is 2. The van der Waals surface area contributed by atoms with E-state index in [1.54, 1.807) is 0 Å². The van der Waals surface area contributed by atoms with Crippen LogP contribution in [0.15, 0.2) is 52.8 Å². The Balaban J connectivity index is 1.69. The smallest absolute Gasteiger partial charge is 0.338 e. The van der Waals surface area contributed by atoms with Crippen molar-refractivity contribution in [3.05, 3.63) is 69.9 Å². The first-order valence-corrected chi connectivity index (χ1v) is 10.9. The molecule has 1 atom stereocenters. The molecule has 1 aliphatic heterocycles. The van der Waals surface area contributed by atoms with Gasteiger partial charge in [0.15, 0.2) is 5.16 Å². The van der Waals surface area contributed by atoms with E-state index in [0.29, 0.717) is 22.2 Å². The van der Waals surface area contributed by atoms with Crippen LogP contribution in [0.1, 0.15) is 28.3 Å². The molecule has 0 aliphatic carbocycles. The fourth-order valence-electron chi connectivity index (χ4n) is 3.77. The number of rotatable bonds is 5. The van der Waals surface area contributed by atoms with Gasteiger partial charge in [0.2, 0.25) is 0 Å². The second-order valence-electron chi connectivity index (χ2n) is 7.63. The van der Waals surface area contributed by atoms with Gasteiger partial charge in [0.1, 0.15) is 0 Å². The normalized spacial score (nSPS) is 16.3. The van der Waals surface area contributed by atoms with Crippen molar-refractivity contribution in [1.29, 1.82) is 0 Å². The van der Waals surface area contributed by atoms with Gasteiger partial charge in [0, 0.05) is 11.4 Å². The van der Waals surface area contributed by atoms with E-state index in [1.165, 1.54) is 18.9 Å². The van der Waals surface area contributed by atoms with Crippen LogP contribution in [0.2, 0.25) is 0 Å². The number of ether oxygens (including phenoxy) is 1. The molecular formula is C23H24N4O3S. The lowest BCUT2D eigenvalue weighted by atomic mass is 9.91. The molecule has 0 saturated heterocycles. The maximum atomic E-state index is 12.7. The molecule has 1 aliphatic rings. The molecule has 0 spiro atoms. The zero-order chi connectivity index (χ0) is 22.1. The third kappa shape index (κ3) is 4.29. The Morgan fingerprint density at radius 3 is 2.61 bits per heavy atom. The van der Waals surface area contributed by atoms with E-state index in [-0.39, 0.29) is 6.03 Å². The van der Waals surface area contributed by atoms with Crippen LogP contribution in [-0.2, 0) is 9.53 Å². The van der Waals surface area contributed by atoms with Gasteiger partial charge in [0.05, 0.1) is 29.8 Å². The maximum Gasteiger partial charge on any atom is 0.338 e. The fourth-order valence-corrected chi connectivity index (χ4v) is 4.63. The van der Waals surface area contributed by atoms with Crippen LogP contribution in [-0.4, -0.2) is 34.8 Å². The summed E-state index contributed by atoms with van der Waals surface area (Å²) in [5.74, 6) is -0.119. The minimum Gasteiger partial charge on any atom is -0.466 e. The quantitative estimate of drug-likeness (QED) is 0.414. The molecule has 7 nitrogen and oxygen atoms in total. The van der Waals surface area contributed by atoms with Gasteiger partial charge in [-0.15, -0.1) is 0 Å². The molecule has 0 saturated carbocycles. The summed E-state index contributed by atoms with van der Waals surface area (Å²) in [7, 11) is 1.34. The maximum absolute atomic E-state index is 12.7. The van der Waals surface area contributed by atoms with Crippen LogP contribution in [0.25, 0.3) is 11.0 Å². The van der Waals surface area contributed by atoms with Gasteiger partial charge in [-0.2, -0.15) is 0 Å². The first kappa shape index (κ1) is 21.0. The number of nitrogens with zero attached hydrogens (tertiary/aromatic N) is 1. The number of carbonyl (C=O) groups excluding carboxylic acids is 2. The highest BCUT2D eigenvalue weighted by molar-refractivity contribution is 7.99. The number of thioether (sulfide) groups is 1. The van der Waals surface area contributed by atoms with Crippen molar-refractivity contribution in [2.75, 3.05) is 12.9 Å². The summed E-state index contributed by atoms with van der Waals surface area (Å²) in [6.45, 7) is 6.00. The summed E-state index contributed by atoms with van der Waals surface area (Å²) in [4.78, 5) is 33.0. The number of imidazole rings is 1. The monoisotopic (exact) mass is 436 g/mol. The summed E-state index contributed by atoms with van der Waals surface area (Å²) in [5.41, 5.74) is 6.85. The topological polar surface area (TPSA) is 96.1 Å². The van der Waals surface area contributed by atoms with Crippen LogP contribution in [0.5, 0.6) is 0 Å². The van der Waals surface area contributed by atoms with E-state index in [2.05, 4.69) is 20.6 Å². The SMILES string of the molecule is COC(=O)C1=C(CSc2nc3ccc(C)cc3[nH]2)NC(=O)N[C@H]1c1ccc(C)cc1C. The zero-order valence-electron chi connectivity index (χ0n) is 17.8.